The van der Waals surface area contributed by atoms with Crippen LogP contribution in [-0.4, -0.2) is 61.5 Å². The van der Waals surface area contributed by atoms with Crippen molar-refractivity contribution in [2.75, 3.05) is 32.1 Å². The zero-order chi connectivity index (χ0) is 17.2. The van der Waals surface area contributed by atoms with Crippen LogP contribution in [0.1, 0.15) is 0 Å². The number of sulfone groups is 1. The maximum atomic E-state index is 12.3. The fourth-order valence-corrected chi connectivity index (χ4v) is 3.43. The van der Waals surface area contributed by atoms with Gasteiger partial charge < -0.3 is 14.1 Å². The van der Waals surface area contributed by atoms with Crippen molar-refractivity contribution in [1.29, 1.82) is 0 Å². The standard InChI is InChI=1S/C14H14ClN3O5S/c15-11-4-2-1-3-10(11)13-16-17-14(23-13)24(20,21)9-12(19)18-5-7-22-8-6-18/h1-4H,5-9H2. The molecule has 1 aliphatic heterocycles. The fraction of sp³-hybridized carbons (Fsp3) is 0.357. The smallest absolute Gasteiger partial charge is 0.336 e. The molecule has 0 radical (unpaired) electrons. The van der Waals surface area contributed by atoms with E-state index in [-0.39, 0.29) is 5.89 Å². The van der Waals surface area contributed by atoms with Gasteiger partial charge in [-0.25, -0.2) is 8.42 Å². The number of hydrogen-bond acceptors (Lipinski definition) is 7. The molecule has 2 aromatic rings. The van der Waals surface area contributed by atoms with Crippen LogP contribution in [0.3, 0.4) is 0 Å². The molecule has 1 amide bonds. The van der Waals surface area contributed by atoms with Crippen LogP contribution in [0.2, 0.25) is 5.02 Å². The Morgan fingerprint density at radius 3 is 2.62 bits per heavy atom. The van der Waals surface area contributed by atoms with Crippen LogP contribution in [0.4, 0.5) is 0 Å². The van der Waals surface area contributed by atoms with Crippen molar-refractivity contribution in [3.63, 3.8) is 0 Å². The SMILES string of the molecule is O=C(CS(=O)(=O)c1nnc(-c2ccccc2Cl)o1)N1CCOCC1. The molecule has 1 fully saturated rings. The lowest BCUT2D eigenvalue weighted by atomic mass is 10.2. The van der Waals surface area contributed by atoms with Gasteiger partial charge in [-0.15, -0.1) is 5.10 Å². The molecule has 0 saturated carbocycles. The van der Waals surface area contributed by atoms with Crippen molar-refractivity contribution < 1.29 is 22.4 Å². The zero-order valence-corrected chi connectivity index (χ0v) is 14.1. The monoisotopic (exact) mass is 371 g/mol. The molecule has 0 unspecified atom stereocenters. The first-order valence-electron chi connectivity index (χ1n) is 7.14. The van der Waals surface area contributed by atoms with Crippen molar-refractivity contribution in [3.05, 3.63) is 29.3 Å². The van der Waals surface area contributed by atoms with Crippen molar-refractivity contribution in [2.24, 2.45) is 0 Å². The predicted molar refractivity (Wildman–Crippen MR) is 84.2 cm³/mol. The summed E-state index contributed by atoms with van der Waals surface area (Å²) >= 11 is 6.02. The Balaban J connectivity index is 1.78. The maximum Gasteiger partial charge on any atom is 0.336 e. The number of rotatable bonds is 4. The van der Waals surface area contributed by atoms with E-state index in [2.05, 4.69) is 10.2 Å². The Labute approximate surface area is 143 Å². The van der Waals surface area contributed by atoms with Crippen LogP contribution in [0, 0.1) is 0 Å². The molecule has 2 heterocycles. The number of amides is 1. The molecule has 0 bridgehead atoms. The second-order valence-electron chi connectivity index (χ2n) is 5.11. The number of halogens is 1. The van der Waals surface area contributed by atoms with Crippen LogP contribution in [0.15, 0.2) is 33.9 Å². The summed E-state index contributed by atoms with van der Waals surface area (Å²) in [5, 5.41) is 7.01. The molecule has 1 saturated heterocycles. The number of ether oxygens (including phenoxy) is 1. The summed E-state index contributed by atoms with van der Waals surface area (Å²) < 4.78 is 35.0. The highest BCUT2D eigenvalue weighted by molar-refractivity contribution is 7.91. The van der Waals surface area contributed by atoms with Gasteiger partial charge in [-0.1, -0.05) is 28.8 Å². The molecule has 1 aromatic heterocycles. The van der Waals surface area contributed by atoms with Gasteiger partial charge in [0.1, 0.15) is 5.75 Å². The van der Waals surface area contributed by atoms with Crippen molar-refractivity contribution in [3.8, 4) is 11.5 Å². The molecular formula is C14H14ClN3O5S. The zero-order valence-electron chi connectivity index (χ0n) is 12.5. The third-order valence-corrected chi connectivity index (χ3v) is 5.11. The molecule has 3 rings (SSSR count). The van der Waals surface area contributed by atoms with Gasteiger partial charge in [0.05, 0.1) is 23.8 Å². The minimum Gasteiger partial charge on any atom is -0.408 e. The Bertz CT molecular complexity index is 846. The fourth-order valence-electron chi connectivity index (χ4n) is 2.21. The second-order valence-corrected chi connectivity index (χ2v) is 7.38. The topological polar surface area (TPSA) is 103 Å². The molecule has 10 heteroatoms. The number of aromatic nitrogens is 2. The number of hydrogen-bond donors (Lipinski definition) is 0. The lowest BCUT2D eigenvalue weighted by molar-refractivity contribution is -0.132. The molecule has 0 N–H and O–H groups in total. The van der Waals surface area contributed by atoms with Gasteiger partial charge in [-0.3, -0.25) is 4.79 Å². The van der Waals surface area contributed by atoms with Crippen LogP contribution in [0.25, 0.3) is 11.5 Å². The molecule has 1 aromatic carbocycles. The molecule has 8 nitrogen and oxygen atoms in total. The van der Waals surface area contributed by atoms with Gasteiger partial charge in [0.25, 0.3) is 0 Å². The molecular weight excluding hydrogens is 358 g/mol. The normalized spacial score (nSPS) is 15.5. The van der Waals surface area contributed by atoms with Crippen LogP contribution in [-0.2, 0) is 19.4 Å². The molecule has 24 heavy (non-hydrogen) atoms. The average molecular weight is 372 g/mol. The van der Waals surface area contributed by atoms with Gasteiger partial charge in [0.15, 0.2) is 0 Å². The predicted octanol–water partition coefficient (Wildman–Crippen LogP) is 1.02. The lowest BCUT2D eigenvalue weighted by Gasteiger charge is -2.26. The first-order chi connectivity index (χ1) is 11.5. The van der Waals surface area contributed by atoms with Crippen molar-refractivity contribution in [1.82, 2.24) is 15.1 Å². The largest absolute Gasteiger partial charge is 0.408 e. The summed E-state index contributed by atoms with van der Waals surface area (Å²) in [6.45, 7) is 1.51. The summed E-state index contributed by atoms with van der Waals surface area (Å²) in [7, 11) is -4.02. The molecule has 0 atom stereocenters. The summed E-state index contributed by atoms with van der Waals surface area (Å²) in [6, 6.07) is 6.69. The Kier molecular flexibility index (Phi) is 4.83. The van der Waals surface area contributed by atoms with Gasteiger partial charge in [0.2, 0.25) is 21.6 Å². The van der Waals surface area contributed by atoms with Gasteiger partial charge in [-0.2, -0.15) is 0 Å². The van der Waals surface area contributed by atoms with E-state index in [1.54, 1.807) is 24.3 Å². The average Bonchev–Trinajstić information content (AvgIpc) is 3.06. The first kappa shape index (κ1) is 16.9. The molecule has 0 aliphatic carbocycles. The summed E-state index contributed by atoms with van der Waals surface area (Å²) in [5.41, 5.74) is 0.424. The van der Waals surface area contributed by atoms with E-state index >= 15 is 0 Å². The Morgan fingerprint density at radius 2 is 1.92 bits per heavy atom. The minimum atomic E-state index is -4.02. The van der Waals surface area contributed by atoms with E-state index in [0.29, 0.717) is 36.9 Å². The Morgan fingerprint density at radius 1 is 1.21 bits per heavy atom. The van der Waals surface area contributed by atoms with Crippen LogP contribution < -0.4 is 0 Å². The minimum absolute atomic E-state index is 0.0157. The van der Waals surface area contributed by atoms with Gasteiger partial charge in [-0.05, 0) is 12.1 Å². The quantitative estimate of drug-likeness (QED) is 0.790. The third kappa shape index (κ3) is 3.58. The summed E-state index contributed by atoms with van der Waals surface area (Å²) in [6.07, 6.45) is 0. The van der Waals surface area contributed by atoms with Crippen molar-refractivity contribution in [2.45, 2.75) is 5.22 Å². The first-order valence-corrected chi connectivity index (χ1v) is 9.17. The Hall–Kier alpha value is -1.97. The van der Waals surface area contributed by atoms with Crippen LogP contribution in [0.5, 0.6) is 0 Å². The number of carbonyl (C=O) groups is 1. The van der Waals surface area contributed by atoms with E-state index in [4.69, 9.17) is 20.8 Å². The summed E-state index contributed by atoms with van der Waals surface area (Å²) in [4.78, 5) is 13.5. The van der Waals surface area contributed by atoms with E-state index in [1.165, 1.54) is 4.90 Å². The third-order valence-electron chi connectivity index (χ3n) is 3.45. The van der Waals surface area contributed by atoms with Gasteiger partial charge >= 0.3 is 5.22 Å². The van der Waals surface area contributed by atoms with E-state index in [1.807, 2.05) is 0 Å². The highest BCUT2D eigenvalue weighted by atomic mass is 35.5. The number of carbonyl (C=O) groups excluding carboxylic acids is 1. The van der Waals surface area contributed by atoms with E-state index in [9.17, 15) is 13.2 Å². The van der Waals surface area contributed by atoms with E-state index in [0.717, 1.165) is 0 Å². The highest BCUT2D eigenvalue weighted by Gasteiger charge is 2.29. The van der Waals surface area contributed by atoms with Crippen LogP contribution >= 0.6 is 11.6 Å². The number of nitrogens with zero attached hydrogens (tertiary/aromatic N) is 3. The van der Waals surface area contributed by atoms with E-state index < -0.39 is 26.7 Å². The maximum absolute atomic E-state index is 12.3. The van der Waals surface area contributed by atoms with Crippen molar-refractivity contribution >= 4 is 27.3 Å². The highest BCUT2D eigenvalue weighted by Crippen LogP contribution is 2.27. The summed E-state index contributed by atoms with van der Waals surface area (Å²) in [5.74, 6) is -1.26. The molecule has 0 spiro atoms. The second kappa shape index (κ2) is 6.88. The molecule has 128 valence electrons. The van der Waals surface area contributed by atoms with Gasteiger partial charge in [0, 0.05) is 13.1 Å². The number of benzene rings is 1. The lowest BCUT2D eigenvalue weighted by Crippen LogP contribution is -2.43. The number of morpholine rings is 1. The molecule has 1 aliphatic rings.